The molecule has 9 heteroatoms. The molecule has 0 radical (unpaired) electrons. The maximum Gasteiger partial charge on any atom is 0.416 e. The lowest BCUT2D eigenvalue weighted by atomic mass is 9.86. The molecule has 0 unspecified atom stereocenters. The molecule has 1 saturated carbocycles. The van der Waals surface area contributed by atoms with Gasteiger partial charge in [-0.25, -0.2) is 4.39 Å². The molecule has 1 fully saturated rings. The molecule has 30 heavy (non-hydrogen) atoms. The first-order chi connectivity index (χ1) is 14.1. The summed E-state index contributed by atoms with van der Waals surface area (Å²) in [4.78, 5) is 24.0. The Morgan fingerprint density at radius 2 is 1.77 bits per heavy atom. The predicted octanol–water partition coefficient (Wildman–Crippen LogP) is 3.58. The normalized spacial score (nSPS) is 19.6. The summed E-state index contributed by atoms with van der Waals surface area (Å²) in [5, 5.41) is 8.72. The van der Waals surface area contributed by atoms with Crippen LogP contribution in [-0.2, 0) is 17.6 Å². The van der Waals surface area contributed by atoms with Crippen LogP contribution in [0.5, 0.6) is 0 Å². The van der Waals surface area contributed by atoms with Crippen molar-refractivity contribution in [3.05, 3.63) is 34.9 Å². The standard InChI is InChI=1S/C21H29F4N3O2/c1-13(2)28-19(29)12-26-18-5-3-14(4-6-18)11-27-20(30)16-7-15(10-22)8-17(9-16)21(23,24)25/h7-9,13-14,18,26H,3-6,10-12H2,1-2H3,(H,27,30)(H,28,29). The molecule has 0 bridgehead atoms. The van der Waals surface area contributed by atoms with Gasteiger partial charge in [0.2, 0.25) is 5.91 Å². The van der Waals surface area contributed by atoms with Gasteiger partial charge in [0.15, 0.2) is 0 Å². The minimum absolute atomic E-state index is 0.0480. The summed E-state index contributed by atoms with van der Waals surface area (Å²) in [5.41, 5.74) is -1.40. The number of carbonyl (C=O) groups is 2. The van der Waals surface area contributed by atoms with Gasteiger partial charge in [0.25, 0.3) is 5.91 Å². The summed E-state index contributed by atoms with van der Waals surface area (Å²) < 4.78 is 51.7. The number of hydrogen-bond acceptors (Lipinski definition) is 3. The molecule has 3 N–H and O–H groups in total. The zero-order valence-electron chi connectivity index (χ0n) is 17.2. The minimum atomic E-state index is -4.64. The van der Waals surface area contributed by atoms with Gasteiger partial charge in [0.1, 0.15) is 6.67 Å². The Bertz CT molecular complexity index is 729. The van der Waals surface area contributed by atoms with E-state index in [0.29, 0.717) is 12.6 Å². The fourth-order valence-electron chi connectivity index (χ4n) is 3.58. The molecule has 1 aromatic carbocycles. The van der Waals surface area contributed by atoms with E-state index < -0.39 is 24.3 Å². The summed E-state index contributed by atoms with van der Waals surface area (Å²) >= 11 is 0. The molecule has 1 aliphatic rings. The molecular weight excluding hydrogens is 402 g/mol. The summed E-state index contributed by atoms with van der Waals surface area (Å²) in [6.45, 7) is 3.33. The molecule has 0 aliphatic heterocycles. The molecule has 2 rings (SSSR count). The van der Waals surface area contributed by atoms with Crippen LogP contribution in [0.25, 0.3) is 0 Å². The van der Waals surface area contributed by atoms with Gasteiger partial charge < -0.3 is 16.0 Å². The van der Waals surface area contributed by atoms with E-state index >= 15 is 0 Å². The fourth-order valence-corrected chi connectivity index (χ4v) is 3.58. The highest BCUT2D eigenvalue weighted by Gasteiger charge is 2.32. The van der Waals surface area contributed by atoms with E-state index in [1.54, 1.807) is 0 Å². The SMILES string of the molecule is CC(C)NC(=O)CNC1CCC(CNC(=O)c2cc(CF)cc(C(F)(F)F)c2)CC1. The Hall–Kier alpha value is -2.16. The van der Waals surface area contributed by atoms with Crippen molar-refractivity contribution in [2.75, 3.05) is 13.1 Å². The van der Waals surface area contributed by atoms with Gasteiger partial charge in [0, 0.05) is 24.2 Å². The molecule has 1 aromatic rings. The van der Waals surface area contributed by atoms with E-state index in [0.717, 1.165) is 37.8 Å². The third-order valence-electron chi connectivity index (χ3n) is 5.14. The second-order valence-electron chi connectivity index (χ2n) is 8.08. The molecule has 2 amide bonds. The predicted molar refractivity (Wildman–Crippen MR) is 106 cm³/mol. The molecule has 168 valence electrons. The number of nitrogens with one attached hydrogen (secondary N) is 3. The van der Waals surface area contributed by atoms with E-state index in [4.69, 9.17) is 0 Å². The average molecular weight is 431 g/mol. The Kier molecular flexibility index (Phi) is 8.64. The van der Waals surface area contributed by atoms with Crippen molar-refractivity contribution in [2.45, 2.75) is 64.5 Å². The van der Waals surface area contributed by atoms with E-state index in [-0.39, 0.29) is 41.6 Å². The Morgan fingerprint density at radius 1 is 1.10 bits per heavy atom. The minimum Gasteiger partial charge on any atom is -0.353 e. The largest absolute Gasteiger partial charge is 0.416 e. The maximum atomic E-state index is 13.0. The second-order valence-corrected chi connectivity index (χ2v) is 8.08. The monoisotopic (exact) mass is 431 g/mol. The third kappa shape index (κ3) is 7.59. The molecule has 0 spiro atoms. The van der Waals surface area contributed by atoms with Crippen LogP contribution in [0.4, 0.5) is 17.6 Å². The average Bonchev–Trinajstić information content (AvgIpc) is 2.69. The summed E-state index contributed by atoms with van der Waals surface area (Å²) in [7, 11) is 0. The molecule has 0 aromatic heterocycles. The third-order valence-corrected chi connectivity index (χ3v) is 5.14. The molecule has 0 atom stereocenters. The van der Waals surface area contributed by atoms with Crippen molar-refractivity contribution >= 4 is 11.8 Å². The van der Waals surface area contributed by atoms with Crippen molar-refractivity contribution in [3.63, 3.8) is 0 Å². The Morgan fingerprint density at radius 3 is 2.33 bits per heavy atom. The first kappa shape index (κ1) is 24.1. The fraction of sp³-hybridized carbons (Fsp3) is 0.619. The van der Waals surface area contributed by atoms with Gasteiger partial charge in [-0.15, -0.1) is 0 Å². The van der Waals surface area contributed by atoms with E-state index in [1.807, 2.05) is 13.8 Å². The van der Waals surface area contributed by atoms with Crippen LogP contribution < -0.4 is 16.0 Å². The zero-order valence-corrected chi connectivity index (χ0v) is 17.2. The van der Waals surface area contributed by atoms with Crippen LogP contribution in [0.15, 0.2) is 18.2 Å². The maximum absolute atomic E-state index is 13.0. The summed E-state index contributed by atoms with van der Waals surface area (Å²) in [6.07, 6.45) is -1.27. The number of hydrogen-bond donors (Lipinski definition) is 3. The Balaban J connectivity index is 1.80. The molecule has 1 aliphatic carbocycles. The van der Waals surface area contributed by atoms with Crippen molar-refractivity contribution in [1.82, 2.24) is 16.0 Å². The van der Waals surface area contributed by atoms with Gasteiger partial charge in [-0.05, 0) is 69.2 Å². The van der Waals surface area contributed by atoms with Crippen molar-refractivity contribution < 1.29 is 27.2 Å². The van der Waals surface area contributed by atoms with E-state index in [9.17, 15) is 27.2 Å². The lowest BCUT2D eigenvalue weighted by molar-refractivity contribution is -0.137. The van der Waals surface area contributed by atoms with Crippen molar-refractivity contribution in [1.29, 1.82) is 0 Å². The second kappa shape index (κ2) is 10.7. The molecule has 5 nitrogen and oxygen atoms in total. The van der Waals surface area contributed by atoms with Gasteiger partial charge in [-0.2, -0.15) is 13.2 Å². The van der Waals surface area contributed by atoms with Crippen molar-refractivity contribution in [2.24, 2.45) is 5.92 Å². The first-order valence-corrected chi connectivity index (χ1v) is 10.2. The number of benzene rings is 1. The Labute approximate surface area is 174 Å². The quantitative estimate of drug-likeness (QED) is 0.551. The highest BCUT2D eigenvalue weighted by molar-refractivity contribution is 5.94. The summed E-state index contributed by atoms with van der Waals surface area (Å²) in [6, 6.07) is 2.93. The van der Waals surface area contributed by atoms with Crippen LogP contribution in [0.1, 0.15) is 61.0 Å². The number of halogens is 4. The zero-order chi connectivity index (χ0) is 22.3. The van der Waals surface area contributed by atoms with Gasteiger partial charge in [-0.1, -0.05) is 0 Å². The number of rotatable bonds is 8. The molecular formula is C21H29F4N3O2. The number of alkyl halides is 4. The lowest BCUT2D eigenvalue weighted by Crippen LogP contribution is -2.43. The van der Waals surface area contributed by atoms with E-state index in [2.05, 4.69) is 16.0 Å². The van der Waals surface area contributed by atoms with Gasteiger partial charge in [-0.3, -0.25) is 9.59 Å². The van der Waals surface area contributed by atoms with Gasteiger partial charge >= 0.3 is 6.18 Å². The lowest BCUT2D eigenvalue weighted by Gasteiger charge is -2.29. The van der Waals surface area contributed by atoms with Crippen LogP contribution in [0.3, 0.4) is 0 Å². The van der Waals surface area contributed by atoms with Crippen LogP contribution in [-0.4, -0.2) is 37.0 Å². The van der Waals surface area contributed by atoms with Crippen LogP contribution in [0.2, 0.25) is 0 Å². The topological polar surface area (TPSA) is 70.2 Å². The smallest absolute Gasteiger partial charge is 0.353 e. The highest BCUT2D eigenvalue weighted by Crippen LogP contribution is 2.31. The first-order valence-electron chi connectivity index (χ1n) is 10.2. The number of carbonyl (C=O) groups excluding carboxylic acids is 2. The highest BCUT2D eigenvalue weighted by atomic mass is 19.4. The van der Waals surface area contributed by atoms with Gasteiger partial charge in [0.05, 0.1) is 12.1 Å². The summed E-state index contributed by atoms with van der Waals surface area (Å²) in [5.74, 6) is -0.475. The number of amides is 2. The van der Waals surface area contributed by atoms with Crippen LogP contribution in [0, 0.1) is 5.92 Å². The van der Waals surface area contributed by atoms with Crippen LogP contribution >= 0.6 is 0 Å². The molecule has 0 saturated heterocycles. The molecule has 0 heterocycles. The van der Waals surface area contributed by atoms with E-state index in [1.165, 1.54) is 0 Å². The van der Waals surface area contributed by atoms with Crippen molar-refractivity contribution in [3.8, 4) is 0 Å².